The third-order valence-electron chi connectivity index (χ3n) is 2.30. The Balaban J connectivity index is 0.00000128. The molecular formula is C11H14ClNO3. The van der Waals surface area contributed by atoms with Crippen LogP contribution in [0.15, 0.2) is 23.8 Å². The lowest BCUT2D eigenvalue weighted by Gasteiger charge is -2.18. The molecule has 0 amide bonds. The Morgan fingerprint density at radius 3 is 3.00 bits per heavy atom. The molecule has 2 rings (SSSR count). The van der Waals surface area contributed by atoms with Crippen LogP contribution in [0.4, 0.5) is 0 Å². The summed E-state index contributed by atoms with van der Waals surface area (Å²) in [5, 5.41) is 8.60. The predicted octanol–water partition coefficient (Wildman–Crippen LogP) is 1.87. The van der Waals surface area contributed by atoms with Crippen LogP contribution >= 0.6 is 12.4 Å². The zero-order valence-electron chi connectivity index (χ0n) is 8.90. The van der Waals surface area contributed by atoms with Gasteiger partial charge in [0.1, 0.15) is 18.1 Å². The number of ether oxygens (including phenoxy) is 2. The summed E-state index contributed by atoms with van der Waals surface area (Å²) in [4.78, 5) is 0. The monoisotopic (exact) mass is 243 g/mol. The molecule has 0 spiro atoms. The maximum absolute atomic E-state index is 8.60. The van der Waals surface area contributed by atoms with Crippen LogP contribution in [0.3, 0.4) is 0 Å². The van der Waals surface area contributed by atoms with Gasteiger partial charge in [0.15, 0.2) is 0 Å². The third kappa shape index (κ3) is 2.66. The molecule has 4 nitrogen and oxygen atoms in total. The van der Waals surface area contributed by atoms with Crippen molar-refractivity contribution in [3.8, 4) is 11.5 Å². The second kappa shape index (κ2) is 5.75. The van der Waals surface area contributed by atoms with Crippen LogP contribution in [-0.4, -0.2) is 25.5 Å². The first kappa shape index (κ1) is 12.8. The number of hydrogen-bond donors (Lipinski definition) is 2. The van der Waals surface area contributed by atoms with E-state index in [2.05, 4.69) is 5.48 Å². The van der Waals surface area contributed by atoms with E-state index in [0.29, 0.717) is 13.2 Å². The predicted molar refractivity (Wildman–Crippen MR) is 63.5 cm³/mol. The van der Waals surface area contributed by atoms with Gasteiger partial charge in [0, 0.05) is 12.1 Å². The second-order valence-corrected chi connectivity index (χ2v) is 3.33. The van der Waals surface area contributed by atoms with Crippen LogP contribution in [0.25, 0.3) is 6.08 Å². The number of rotatable bonds is 3. The molecule has 16 heavy (non-hydrogen) atoms. The lowest BCUT2D eigenvalue weighted by atomic mass is 10.1. The van der Waals surface area contributed by atoms with Gasteiger partial charge < -0.3 is 14.7 Å². The minimum Gasteiger partial charge on any atom is -0.497 e. The molecule has 0 unspecified atom stereocenters. The second-order valence-electron chi connectivity index (χ2n) is 3.33. The van der Waals surface area contributed by atoms with Crippen molar-refractivity contribution in [2.45, 2.75) is 0 Å². The van der Waals surface area contributed by atoms with E-state index in [4.69, 9.17) is 14.7 Å². The molecule has 1 aromatic rings. The minimum absolute atomic E-state index is 0. The maximum atomic E-state index is 8.60. The van der Waals surface area contributed by atoms with E-state index in [0.717, 1.165) is 22.6 Å². The Morgan fingerprint density at radius 2 is 2.31 bits per heavy atom. The molecule has 1 aliphatic rings. The van der Waals surface area contributed by atoms with Crippen LogP contribution < -0.4 is 15.0 Å². The zero-order chi connectivity index (χ0) is 10.7. The first-order valence-electron chi connectivity index (χ1n) is 4.70. The number of halogens is 1. The zero-order valence-corrected chi connectivity index (χ0v) is 9.71. The van der Waals surface area contributed by atoms with Gasteiger partial charge in [0.05, 0.1) is 7.11 Å². The van der Waals surface area contributed by atoms with Gasteiger partial charge in [-0.15, -0.1) is 12.4 Å². The smallest absolute Gasteiger partial charge is 0.127 e. The highest BCUT2D eigenvalue weighted by Crippen LogP contribution is 2.29. The largest absolute Gasteiger partial charge is 0.497 e. The summed E-state index contributed by atoms with van der Waals surface area (Å²) < 4.78 is 10.6. The fourth-order valence-electron chi connectivity index (χ4n) is 1.53. The summed E-state index contributed by atoms with van der Waals surface area (Å²) in [5.41, 5.74) is 4.09. The summed E-state index contributed by atoms with van der Waals surface area (Å²) in [5.74, 6) is 1.64. The average molecular weight is 244 g/mol. The lowest BCUT2D eigenvalue weighted by Crippen LogP contribution is -2.18. The van der Waals surface area contributed by atoms with Crippen molar-refractivity contribution in [3.63, 3.8) is 0 Å². The SMILES string of the molecule is COc1ccc2c(c1)C=C(CNO)CO2.Cl. The molecule has 5 heteroatoms. The molecule has 0 saturated heterocycles. The van der Waals surface area contributed by atoms with E-state index >= 15 is 0 Å². The molecule has 1 aliphatic heterocycles. The fraction of sp³-hybridized carbons (Fsp3) is 0.273. The Kier molecular flexibility index (Phi) is 4.61. The summed E-state index contributed by atoms with van der Waals surface area (Å²) >= 11 is 0. The Labute approximate surface area is 100 Å². The number of hydrogen-bond acceptors (Lipinski definition) is 4. The van der Waals surface area contributed by atoms with Gasteiger partial charge in [-0.25, -0.2) is 5.48 Å². The normalized spacial score (nSPS) is 13.0. The summed E-state index contributed by atoms with van der Waals surface area (Å²) in [6.45, 7) is 0.920. The Bertz CT molecular complexity index is 393. The first-order valence-corrected chi connectivity index (χ1v) is 4.70. The van der Waals surface area contributed by atoms with Gasteiger partial charge in [0.2, 0.25) is 0 Å². The van der Waals surface area contributed by atoms with Gasteiger partial charge in [-0.1, -0.05) is 0 Å². The molecule has 0 bridgehead atoms. The van der Waals surface area contributed by atoms with Crippen LogP contribution in [-0.2, 0) is 0 Å². The summed E-state index contributed by atoms with van der Waals surface area (Å²) in [7, 11) is 1.63. The van der Waals surface area contributed by atoms with Crippen molar-refractivity contribution in [2.75, 3.05) is 20.3 Å². The fourth-order valence-corrected chi connectivity index (χ4v) is 1.53. The van der Waals surface area contributed by atoms with Crippen LogP contribution in [0.1, 0.15) is 5.56 Å². The first-order chi connectivity index (χ1) is 7.33. The van der Waals surface area contributed by atoms with Gasteiger partial charge >= 0.3 is 0 Å². The molecule has 0 radical (unpaired) electrons. The molecule has 0 aliphatic carbocycles. The highest BCUT2D eigenvalue weighted by atomic mass is 35.5. The molecule has 0 saturated carbocycles. The number of methoxy groups -OCH3 is 1. The highest BCUT2D eigenvalue weighted by molar-refractivity contribution is 5.85. The van der Waals surface area contributed by atoms with E-state index in [1.54, 1.807) is 7.11 Å². The summed E-state index contributed by atoms with van der Waals surface area (Å²) in [6.07, 6.45) is 1.99. The molecular weight excluding hydrogens is 230 g/mol. The lowest BCUT2D eigenvalue weighted by molar-refractivity contribution is 0.173. The number of benzene rings is 1. The molecule has 0 aromatic heterocycles. The Morgan fingerprint density at radius 1 is 1.50 bits per heavy atom. The quantitative estimate of drug-likeness (QED) is 0.796. The summed E-state index contributed by atoms with van der Waals surface area (Å²) in [6, 6.07) is 5.65. The van der Waals surface area contributed by atoms with Crippen molar-refractivity contribution in [1.29, 1.82) is 0 Å². The topological polar surface area (TPSA) is 50.7 Å². The van der Waals surface area contributed by atoms with E-state index < -0.39 is 0 Å². The van der Waals surface area contributed by atoms with Crippen molar-refractivity contribution >= 4 is 18.5 Å². The average Bonchev–Trinajstić information content (AvgIpc) is 2.28. The van der Waals surface area contributed by atoms with E-state index in [9.17, 15) is 0 Å². The van der Waals surface area contributed by atoms with E-state index in [-0.39, 0.29) is 12.4 Å². The van der Waals surface area contributed by atoms with Gasteiger partial charge in [0.25, 0.3) is 0 Å². The molecule has 0 atom stereocenters. The van der Waals surface area contributed by atoms with Gasteiger partial charge in [-0.05, 0) is 29.8 Å². The standard InChI is InChI=1S/C11H13NO3.ClH/c1-14-10-2-3-11-9(5-10)4-8(6-12-13)7-15-11;/h2-5,12-13H,6-7H2,1H3;1H. The van der Waals surface area contributed by atoms with Crippen molar-refractivity contribution in [3.05, 3.63) is 29.3 Å². The molecule has 2 N–H and O–H groups in total. The minimum atomic E-state index is 0. The number of fused-ring (bicyclic) bond motifs is 1. The van der Waals surface area contributed by atoms with Crippen LogP contribution in [0, 0.1) is 0 Å². The van der Waals surface area contributed by atoms with Crippen LogP contribution in [0.2, 0.25) is 0 Å². The number of hydroxylamine groups is 1. The number of nitrogens with one attached hydrogen (secondary N) is 1. The van der Waals surface area contributed by atoms with E-state index in [1.165, 1.54) is 0 Å². The molecule has 0 fully saturated rings. The molecule has 1 aromatic carbocycles. The van der Waals surface area contributed by atoms with Crippen molar-refractivity contribution in [2.24, 2.45) is 0 Å². The van der Waals surface area contributed by atoms with Crippen LogP contribution in [0.5, 0.6) is 11.5 Å². The molecule has 1 heterocycles. The third-order valence-corrected chi connectivity index (χ3v) is 2.30. The highest BCUT2D eigenvalue weighted by Gasteiger charge is 2.11. The van der Waals surface area contributed by atoms with Crippen molar-refractivity contribution in [1.82, 2.24) is 5.48 Å². The van der Waals surface area contributed by atoms with E-state index in [1.807, 2.05) is 24.3 Å². The Hall–Kier alpha value is -1.23. The van der Waals surface area contributed by atoms with Crippen molar-refractivity contribution < 1.29 is 14.7 Å². The van der Waals surface area contributed by atoms with Gasteiger partial charge in [-0.3, -0.25) is 0 Å². The maximum Gasteiger partial charge on any atom is 0.127 e. The molecule has 88 valence electrons. The van der Waals surface area contributed by atoms with Gasteiger partial charge in [-0.2, -0.15) is 0 Å².